The SMILES string of the molecule is CN=C(NCc1csc(N(C)C)n1)N(C)Cc1ccc(F)cc1. The lowest BCUT2D eigenvalue weighted by atomic mass is 10.2. The normalized spacial score (nSPS) is 11.4. The van der Waals surface area contributed by atoms with Crippen molar-refractivity contribution in [2.75, 3.05) is 33.1 Å². The highest BCUT2D eigenvalue weighted by Crippen LogP contribution is 2.17. The Bertz CT molecular complexity index is 651. The number of nitrogens with one attached hydrogen (secondary N) is 1. The molecule has 0 unspecified atom stereocenters. The maximum Gasteiger partial charge on any atom is 0.194 e. The second-order valence-electron chi connectivity index (χ2n) is 5.40. The average Bonchev–Trinajstić information content (AvgIpc) is 2.99. The first-order valence-corrected chi connectivity index (χ1v) is 8.15. The Kier molecular flexibility index (Phi) is 5.92. The van der Waals surface area contributed by atoms with Gasteiger partial charge in [0.2, 0.25) is 0 Å². The molecule has 0 amide bonds. The van der Waals surface area contributed by atoms with Gasteiger partial charge in [-0.15, -0.1) is 11.3 Å². The molecular weight excluding hydrogens is 313 g/mol. The monoisotopic (exact) mass is 335 g/mol. The zero-order valence-corrected chi connectivity index (χ0v) is 14.7. The van der Waals surface area contributed by atoms with Crippen LogP contribution < -0.4 is 10.2 Å². The van der Waals surface area contributed by atoms with Gasteiger partial charge >= 0.3 is 0 Å². The molecule has 0 radical (unpaired) electrons. The summed E-state index contributed by atoms with van der Waals surface area (Å²) in [6.45, 7) is 1.27. The first kappa shape index (κ1) is 17.2. The minimum Gasteiger partial charge on any atom is -0.354 e. The summed E-state index contributed by atoms with van der Waals surface area (Å²) in [7, 11) is 7.65. The number of hydrogen-bond acceptors (Lipinski definition) is 4. The van der Waals surface area contributed by atoms with Crippen LogP contribution in [0.5, 0.6) is 0 Å². The second-order valence-corrected chi connectivity index (χ2v) is 6.24. The largest absolute Gasteiger partial charge is 0.354 e. The van der Waals surface area contributed by atoms with Crippen LogP contribution in [0.4, 0.5) is 9.52 Å². The Morgan fingerprint density at radius 2 is 1.96 bits per heavy atom. The van der Waals surface area contributed by atoms with E-state index in [0.29, 0.717) is 13.1 Å². The molecule has 1 aromatic carbocycles. The first-order valence-electron chi connectivity index (χ1n) is 7.27. The van der Waals surface area contributed by atoms with E-state index in [1.54, 1.807) is 30.5 Å². The number of aromatic nitrogens is 1. The summed E-state index contributed by atoms with van der Waals surface area (Å²) in [5.41, 5.74) is 2.01. The average molecular weight is 335 g/mol. The first-order chi connectivity index (χ1) is 11.0. The van der Waals surface area contributed by atoms with Crippen LogP contribution >= 0.6 is 11.3 Å². The molecule has 0 spiro atoms. The molecule has 0 aliphatic rings. The minimum absolute atomic E-state index is 0.223. The van der Waals surface area contributed by atoms with Gasteiger partial charge in [-0.05, 0) is 17.7 Å². The lowest BCUT2D eigenvalue weighted by Crippen LogP contribution is -2.38. The molecule has 124 valence electrons. The number of guanidine groups is 1. The zero-order chi connectivity index (χ0) is 16.8. The fourth-order valence-corrected chi connectivity index (χ4v) is 2.83. The number of nitrogens with zero attached hydrogens (tertiary/aromatic N) is 4. The summed E-state index contributed by atoms with van der Waals surface area (Å²) in [4.78, 5) is 12.8. The molecule has 2 aromatic rings. The van der Waals surface area contributed by atoms with Gasteiger partial charge in [0.15, 0.2) is 11.1 Å². The Balaban J connectivity index is 1.92. The van der Waals surface area contributed by atoms with Crippen LogP contribution in [0.3, 0.4) is 0 Å². The molecule has 1 N–H and O–H groups in total. The molecule has 0 saturated heterocycles. The topological polar surface area (TPSA) is 43.8 Å². The number of aliphatic imine (C=N–C) groups is 1. The maximum atomic E-state index is 13.0. The van der Waals surface area contributed by atoms with E-state index in [9.17, 15) is 4.39 Å². The van der Waals surface area contributed by atoms with Gasteiger partial charge in [-0.3, -0.25) is 4.99 Å². The van der Waals surface area contributed by atoms with Gasteiger partial charge in [0.1, 0.15) is 5.82 Å². The molecule has 0 aliphatic carbocycles. The van der Waals surface area contributed by atoms with E-state index in [-0.39, 0.29) is 5.82 Å². The van der Waals surface area contributed by atoms with Gasteiger partial charge in [0, 0.05) is 40.1 Å². The molecule has 0 aliphatic heterocycles. The Morgan fingerprint density at radius 3 is 2.52 bits per heavy atom. The molecule has 0 saturated carbocycles. The molecule has 0 fully saturated rings. The third kappa shape index (κ3) is 4.92. The standard InChI is InChI=1S/C16H22FN5S/c1-18-15(19-9-14-11-23-16(20-14)21(2)3)22(4)10-12-5-7-13(17)8-6-12/h5-8,11H,9-10H2,1-4H3,(H,18,19). The Hall–Kier alpha value is -2.15. The van der Waals surface area contributed by atoms with Crippen LogP contribution in [-0.2, 0) is 13.1 Å². The van der Waals surface area contributed by atoms with Crippen molar-refractivity contribution in [1.29, 1.82) is 0 Å². The fraction of sp³-hybridized carbons (Fsp3) is 0.375. The van der Waals surface area contributed by atoms with Crippen LogP contribution in [0, 0.1) is 5.82 Å². The second kappa shape index (κ2) is 7.92. The van der Waals surface area contributed by atoms with Crippen LogP contribution in [-0.4, -0.2) is 44.0 Å². The zero-order valence-electron chi connectivity index (χ0n) is 13.9. The Labute approximate surface area is 140 Å². The molecule has 0 bridgehead atoms. The van der Waals surface area contributed by atoms with Gasteiger partial charge < -0.3 is 15.1 Å². The van der Waals surface area contributed by atoms with Gasteiger partial charge in [-0.2, -0.15) is 0 Å². The van der Waals surface area contributed by atoms with E-state index in [2.05, 4.69) is 15.3 Å². The van der Waals surface area contributed by atoms with E-state index >= 15 is 0 Å². The van der Waals surface area contributed by atoms with E-state index in [0.717, 1.165) is 22.3 Å². The molecule has 2 rings (SSSR count). The molecule has 1 aromatic heterocycles. The van der Waals surface area contributed by atoms with Gasteiger partial charge in [-0.1, -0.05) is 12.1 Å². The fourth-order valence-electron chi connectivity index (χ4n) is 2.08. The summed E-state index contributed by atoms with van der Waals surface area (Å²) < 4.78 is 13.0. The summed E-state index contributed by atoms with van der Waals surface area (Å²) in [5, 5.41) is 6.32. The number of rotatable bonds is 5. The molecule has 23 heavy (non-hydrogen) atoms. The predicted molar refractivity (Wildman–Crippen MR) is 94.5 cm³/mol. The quantitative estimate of drug-likeness (QED) is 0.674. The van der Waals surface area contributed by atoms with E-state index in [1.807, 2.05) is 36.3 Å². The summed E-state index contributed by atoms with van der Waals surface area (Å²) in [6, 6.07) is 6.50. The molecule has 7 heteroatoms. The smallest absolute Gasteiger partial charge is 0.194 e. The number of thiazole rings is 1. The van der Waals surface area contributed by atoms with Crippen molar-refractivity contribution >= 4 is 22.4 Å². The predicted octanol–water partition coefficient (Wildman–Crippen LogP) is 2.56. The van der Waals surface area contributed by atoms with Crippen molar-refractivity contribution in [3.63, 3.8) is 0 Å². The highest BCUT2D eigenvalue weighted by atomic mass is 32.1. The third-order valence-electron chi connectivity index (χ3n) is 3.26. The molecule has 0 atom stereocenters. The number of benzene rings is 1. The molecular formula is C16H22FN5S. The summed E-state index contributed by atoms with van der Waals surface area (Å²) in [5.74, 6) is 0.549. The number of halogens is 1. The van der Waals surface area contributed by atoms with Crippen molar-refractivity contribution < 1.29 is 4.39 Å². The van der Waals surface area contributed by atoms with Crippen molar-refractivity contribution in [2.24, 2.45) is 4.99 Å². The minimum atomic E-state index is -0.223. The maximum absolute atomic E-state index is 13.0. The van der Waals surface area contributed by atoms with Crippen molar-refractivity contribution in [3.05, 3.63) is 46.7 Å². The Morgan fingerprint density at radius 1 is 1.26 bits per heavy atom. The lowest BCUT2D eigenvalue weighted by Gasteiger charge is -2.22. The van der Waals surface area contributed by atoms with Gasteiger partial charge in [0.05, 0.1) is 12.2 Å². The van der Waals surface area contributed by atoms with Crippen LogP contribution in [0.15, 0.2) is 34.6 Å². The van der Waals surface area contributed by atoms with E-state index in [1.165, 1.54) is 12.1 Å². The summed E-state index contributed by atoms with van der Waals surface area (Å²) >= 11 is 1.62. The molecule has 5 nitrogen and oxygen atoms in total. The number of hydrogen-bond donors (Lipinski definition) is 1. The van der Waals surface area contributed by atoms with E-state index in [4.69, 9.17) is 0 Å². The highest BCUT2D eigenvalue weighted by molar-refractivity contribution is 7.13. The molecule has 1 heterocycles. The van der Waals surface area contributed by atoms with Gasteiger partial charge in [0.25, 0.3) is 0 Å². The van der Waals surface area contributed by atoms with Crippen LogP contribution in [0.2, 0.25) is 0 Å². The highest BCUT2D eigenvalue weighted by Gasteiger charge is 2.09. The lowest BCUT2D eigenvalue weighted by molar-refractivity contribution is 0.475. The summed E-state index contributed by atoms with van der Waals surface area (Å²) in [6.07, 6.45) is 0. The van der Waals surface area contributed by atoms with Crippen molar-refractivity contribution in [2.45, 2.75) is 13.1 Å². The van der Waals surface area contributed by atoms with Gasteiger partial charge in [-0.25, -0.2) is 9.37 Å². The van der Waals surface area contributed by atoms with Crippen molar-refractivity contribution in [3.8, 4) is 0 Å². The van der Waals surface area contributed by atoms with E-state index < -0.39 is 0 Å². The van der Waals surface area contributed by atoms with Crippen molar-refractivity contribution in [1.82, 2.24) is 15.2 Å². The van der Waals surface area contributed by atoms with Crippen LogP contribution in [0.1, 0.15) is 11.3 Å². The number of anilines is 1. The van der Waals surface area contributed by atoms with Crippen LogP contribution in [0.25, 0.3) is 0 Å². The third-order valence-corrected chi connectivity index (χ3v) is 4.31.